The quantitative estimate of drug-likeness (QED) is 0.578. The van der Waals surface area contributed by atoms with Gasteiger partial charge in [-0.15, -0.1) is 0 Å². The van der Waals surface area contributed by atoms with Crippen LogP contribution in [0.5, 0.6) is 0 Å². The molecule has 2 aromatic carbocycles. The molecule has 4 rings (SSSR count). The van der Waals surface area contributed by atoms with Gasteiger partial charge in [-0.05, 0) is 31.5 Å². The van der Waals surface area contributed by atoms with Gasteiger partial charge in [0, 0.05) is 19.2 Å². The molecule has 1 aromatic heterocycles. The zero-order valence-electron chi connectivity index (χ0n) is 16.4. The van der Waals surface area contributed by atoms with E-state index in [0.717, 1.165) is 0 Å². The Morgan fingerprint density at radius 2 is 1.80 bits per heavy atom. The number of rotatable bonds is 4. The fourth-order valence-corrected chi connectivity index (χ4v) is 4.18. The Labute approximate surface area is 184 Å². The lowest BCUT2D eigenvalue weighted by atomic mass is 10.0. The number of hydrogen-bond donors (Lipinski definition) is 0. The summed E-state index contributed by atoms with van der Waals surface area (Å²) < 4.78 is 5.30. The minimum Gasteiger partial charge on any atom is -0.360 e. The average Bonchev–Trinajstić information content (AvgIpc) is 3.30. The molecule has 0 N–H and O–H groups in total. The molecule has 1 fully saturated rings. The van der Waals surface area contributed by atoms with Crippen molar-refractivity contribution in [2.45, 2.75) is 19.4 Å². The zero-order chi connectivity index (χ0) is 21.4. The predicted octanol–water partition coefficient (Wildman–Crippen LogP) is 4.83. The normalized spacial score (nSPS) is 16.2. The van der Waals surface area contributed by atoms with E-state index in [2.05, 4.69) is 5.16 Å². The lowest BCUT2D eigenvalue weighted by Gasteiger charge is -2.24. The highest BCUT2D eigenvalue weighted by Crippen LogP contribution is 2.34. The number of carbonyl (C=O) groups excluding carboxylic acids is 2. The Hall–Kier alpha value is -2.83. The van der Waals surface area contributed by atoms with Crippen molar-refractivity contribution in [3.8, 4) is 11.3 Å². The lowest BCUT2D eigenvalue weighted by Crippen LogP contribution is -2.43. The van der Waals surface area contributed by atoms with E-state index in [0.29, 0.717) is 51.3 Å². The number of para-hydroxylation sites is 1. The number of likely N-dealkylation sites (N-methyl/N-ethyl adjacent to an activating group) is 1. The Kier molecular flexibility index (Phi) is 5.54. The molecule has 0 bridgehead atoms. The number of aromatic nitrogens is 1. The van der Waals surface area contributed by atoms with Crippen LogP contribution in [0.15, 0.2) is 53.1 Å². The fourth-order valence-electron chi connectivity index (χ4n) is 3.71. The van der Waals surface area contributed by atoms with E-state index < -0.39 is 6.04 Å². The maximum Gasteiger partial charge on any atom is 0.260 e. The van der Waals surface area contributed by atoms with Crippen LogP contribution < -0.4 is 4.90 Å². The molecule has 1 aliphatic rings. The van der Waals surface area contributed by atoms with Gasteiger partial charge < -0.3 is 14.3 Å². The summed E-state index contributed by atoms with van der Waals surface area (Å²) in [7, 11) is 1.61. The molecule has 0 saturated carbocycles. The summed E-state index contributed by atoms with van der Waals surface area (Å²) in [5.74, 6) is -0.148. The maximum atomic E-state index is 13.4. The van der Waals surface area contributed by atoms with Crippen molar-refractivity contribution < 1.29 is 14.1 Å². The SMILES string of the molecule is Cc1onc(-c2ccccc2Cl)c1C(=O)N(C)[C@H]1CCN(c2ccccc2Cl)C1=O. The number of amides is 2. The van der Waals surface area contributed by atoms with Crippen LogP contribution in [0.2, 0.25) is 10.0 Å². The van der Waals surface area contributed by atoms with Gasteiger partial charge in [-0.3, -0.25) is 9.59 Å². The Balaban J connectivity index is 1.63. The molecule has 2 heterocycles. The topological polar surface area (TPSA) is 66.7 Å². The average molecular weight is 444 g/mol. The van der Waals surface area contributed by atoms with Gasteiger partial charge in [0.1, 0.15) is 23.1 Å². The third-order valence-electron chi connectivity index (χ3n) is 5.31. The molecule has 0 radical (unpaired) electrons. The van der Waals surface area contributed by atoms with E-state index in [1.807, 2.05) is 18.2 Å². The summed E-state index contributed by atoms with van der Waals surface area (Å²) in [6.07, 6.45) is 0.498. The van der Waals surface area contributed by atoms with Crippen molar-refractivity contribution in [2.24, 2.45) is 0 Å². The van der Waals surface area contributed by atoms with Crippen molar-refractivity contribution in [2.75, 3.05) is 18.5 Å². The van der Waals surface area contributed by atoms with Crippen molar-refractivity contribution in [1.29, 1.82) is 0 Å². The summed E-state index contributed by atoms with van der Waals surface area (Å²) in [5, 5.41) is 5.01. The fraction of sp³-hybridized carbons (Fsp3) is 0.227. The monoisotopic (exact) mass is 443 g/mol. The first-order valence-electron chi connectivity index (χ1n) is 9.44. The molecule has 0 spiro atoms. The second-order valence-corrected chi connectivity index (χ2v) is 7.92. The molecule has 0 unspecified atom stereocenters. The molecule has 1 atom stereocenters. The first-order chi connectivity index (χ1) is 14.4. The summed E-state index contributed by atoms with van der Waals surface area (Å²) in [5.41, 5.74) is 1.91. The summed E-state index contributed by atoms with van der Waals surface area (Å²) >= 11 is 12.6. The Bertz CT molecular complexity index is 1130. The van der Waals surface area contributed by atoms with E-state index in [9.17, 15) is 9.59 Å². The second kappa shape index (κ2) is 8.13. The van der Waals surface area contributed by atoms with Crippen LogP contribution in [0, 0.1) is 6.92 Å². The van der Waals surface area contributed by atoms with Crippen LogP contribution in [0.3, 0.4) is 0 Å². The summed E-state index contributed by atoms with van der Waals surface area (Å²) in [6, 6.07) is 13.7. The third kappa shape index (κ3) is 3.46. The van der Waals surface area contributed by atoms with Gasteiger partial charge in [-0.25, -0.2) is 0 Å². The highest BCUT2D eigenvalue weighted by Gasteiger charge is 2.39. The summed E-state index contributed by atoms with van der Waals surface area (Å²) in [6.45, 7) is 2.14. The molecule has 3 aromatic rings. The molecule has 2 amide bonds. The molecule has 30 heavy (non-hydrogen) atoms. The van der Waals surface area contributed by atoms with Crippen LogP contribution in [-0.2, 0) is 4.79 Å². The molecular formula is C22H19Cl2N3O3. The predicted molar refractivity (Wildman–Crippen MR) is 116 cm³/mol. The number of hydrogen-bond acceptors (Lipinski definition) is 4. The Morgan fingerprint density at radius 1 is 1.13 bits per heavy atom. The first kappa shape index (κ1) is 20.4. The highest BCUT2D eigenvalue weighted by molar-refractivity contribution is 6.34. The van der Waals surface area contributed by atoms with E-state index >= 15 is 0 Å². The van der Waals surface area contributed by atoms with Crippen LogP contribution in [0.25, 0.3) is 11.3 Å². The lowest BCUT2D eigenvalue weighted by molar-refractivity contribution is -0.120. The minimum absolute atomic E-state index is 0.174. The molecule has 6 nitrogen and oxygen atoms in total. The largest absolute Gasteiger partial charge is 0.360 e. The van der Waals surface area contributed by atoms with Gasteiger partial charge in [0.05, 0.1) is 15.7 Å². The zero-order valence-corrected chi connectivity index (χ0v) is 17.9. The smallest absolute Gasteiger partial charge is 0.260 e. The van der Waals surface area contributed by atoms with Gasteiger partial charge in [0.2, 0.25) is 5.91 Å². The van der Waals surface area contributed by atoms with Crippen molar-refractivity contribution >= 4 is 40.7 Å². The molecular weight excluding hydrogens is 425 g/mol. The Morgan fingerprint density at radius 3 is 2.50 bits per heavy atom. The van der Waals surface area contributed by atoms with Crippen molar-refractivity contribution in [3.63, 3.8) is 0 Å². The van der Waals surface area contributed by atoms with E-state index in [1.165, 1.54) is 4.90 Å². The van der Waals surface area contributed by atoms with Gasteiger partial charge in [-0.2, -0.15) is 0 Å². The van der Waals surface area contributed by atoms with Crippen LogP contribution in [0.1, 0.15) is 22.5 Å². The first-order valence-corrected chi connectivity index (χ1v) is 10.2. The van der Waals surface area contributed by atoms with Crippen LogP contribution in [-0.4, -0.2) is 41.5 Å². The maximum absolute atomic E-state index is 13.4. The number of carbonyl (C=O) groups is 2. The molecule has 1 saturated heterocycles. The molecule has 0 aliphatic carbocycles. The number of aryl methyl sites for hydroxylation is 1. The van der Waals surface area contributed by atoms with Gasteiger partial charge in [0.15, 0.2) is 0 Å². The standard InChI is InChI=1S/C22H19Cl2N3O3/c1-13-19(20(25-30-13)14-7-3-4-8-15(14)23)22(29)26(2)18-11-12-27(21(18)28)17-10-6-5-9-16(17)24/h3-10,18H,11-12H2,1-2H3/t18-/m0/s1. The molecule has 1 aliphatic heterocycles. The van der Waals surface area contributed by atoms with E-state index in [4.69, 9.17) is 27.7 Å². The number of nitrogens with zero attached hydrogens (tertiary/aromatic N) is 3. The van der Waals surface area contributed by atoms with Gasteiger partial charge in [0.25, 0.3) is 5.91 Å². The van der Waals surface area contributed by atoms with Crippen molar-refractivity contribution in [1.82, 2.24) is 10.1 Å². The van der Waals surface area contributed by atoms with E-state index in [1.54, 1.807) is 49.2 Å². The van der Waals surface area contributed by atoms with Crippen LogP contribution >= 0.6 is 23.2 Å². The molecule has 154 valence electrons. The molecule has 8 heteroatoms. The van der Waals surface area contributed by atoms with Crippen LogP contribution in [0.4, 0.5) is 5.69 Å². The van der Waals surface area contributed by atoms with E-state index in [-0.39, 0.29) is 11.8 Å². The highest BCUT2D eigenvalue weighted by atomic mass is 35.5. The van der Waals surface area contributed by atoms with Crippen molar-refractivity contribution in [3.05, 3.63) is 69.9 Å². The van der Waals surface area contributed by atoms with Gasteiger partial charge in [-0.1, -0.05) is 58.7 Å². The number of halogens is 2. The third-order valence-corrected chi connectivity index (χ3v) is 5.96. The summed E-state index contributed by atoms with van der Waals surface area (Å²) in [4.78, 5) is 29.5. The second-order valence-electron chi connectivity index (χ2n) is 7.10. The minimum atomic E-state index is -0.609. The number of anilines is 1. The van der Waals surface area contributed by atoms with Gasteiger partial charge >= 0.3 is 0 Å². The number of benzene rings is 2.